The maximum absolute atomic E-state index is 13.6. The maximum Gasteiger partial charge on any atom is 0.254 e. The molecular formula is C22H32N2O2. The third-order valence-corrected chi connectivity index (χ3v) is 7.31. The molecular weight excluding hydrogens is 324 g/mol. The number of hydrogen-bond acceptors (Lipinski definition) is 3. The molecule has 2 bridgehead atoms. The minimum Gasteiger partial charge on any atom is -0.369 e. The van der Waals surface area contributed by atoms with Crippen LogP contribution in [0.5, 0.6) is 0 Å². The van der Waals surface area contributed by atoms with Crippen molar-refractivity contribution in [2.45, 2.75) is 82.6 Å². The van der Waals surface area contributed by atoms with Crippen LogP contribution in [-0.4, -0.2) is 47.7 Å². The van der Waals surface area contributed by atoms with Gasteiger partial charge in [0.1, 0.15) is 5.60 Å². The van der Waals surface area contributed by atoms with Gasteiger partial charge in [-0.05, 0) is 51.5 Å². The van der Waals surface area contributed by atoms with Crippen LogP contribution < -0.4 is 5.32 Å². The number of hydrogen-bond donors (Lipinski definition) is 1. The predicted octanol–water partition coefficient (Wildman–Crippen LogP) is 3.15. The summed E-state index contributed by atoms with van der Waals surface area (Å²) in [4.78, 5) is 15.8. The summed E-state index contributed by atoms with van der Waals surface area (Å²) in [5.41, 5.74) is 0.710. The lowest BCUT2D eigenvalue weighted by molar-refractivity contribution is -0.164. The van der Waals surface area contributed by atoms with Gasteiger partial charge in [-0.1, -0.05) is 37.3 Å². The van der Waals surface area contributed by atoms with Crippen molar-refractivity contribution in [2.75, 3.05) is 7.11 Å². The Morgan fingerprint density at radius 1 is 1.31 bits per heavy atom. The molecule has 142 valence electrons. The highest BCUT2D eigenvalue weighted by Crippen LogP contribution is 2.52. The Bertz CT molecular complexity index is 674. The lowest BCUT2D eigenvalue weighted by Crippen LogP contribution is -2.65. The van der Waals surface area contributed by atoms with E-state index in [1.165, 1.54) is 24.8 Å². The topological polar surface area (TPSA) is 41.6 Å². The number of likely N-dealkylation sites (tertiary alicyclic amines) is 1. The van der Waals surface area contributed by atoms with Crippen LogP contribution in [0.2, 0.25) is 0 Å². The first-order valence-corrected chi connectivity index (χ1v) is 10.0. The van der Waals surface area contributed by atoms with Crippen molar-refractivity contribution in [3.63, 3.8) is 0 Å². The molecule has 3 aliphatic rings. The van der Waals surface area contributed by atoms with Crippen molar-refractivity contribution < 1.29 is 9.53 Å². The fourth-order valence-electron chi connectivity index (χ4n) is 5.67. The lowest BCUT2D eigenvalue weighted by atomic mass is 9.64. The molecule has 2 heterocycles. The number of benzene rings is 1. The van der Waals surface area contributed by atoms with E-state index < -0.39 is 5.60 Å². The number of fused-ring (bicyclic) bond motifs is 1. The Morgan fingerprint density at radius 2 is 2.04 bits per heavy atom. The van der Waals surface area contributed by atoms with Gasteiger partial charge < -0.3 is 15.0 Å². The Morgan fingerprint density at radius 3 is 2.73 bits per heavy atom. The number of carbonyl (C=O) groups is 1. The van der Waals surface area contributed by atoms with Gasteiger partial charge in [0, 0.05) is 30.7 Å². The second-order valence-electron chi connectivity index (χ2n) is 9.17. The number of amides is 1. The molecule has 1 aromatic rings. The van der Waals surface area contributed by atoms with Crippen LogP contribution in [0.1, 0.15) is 52.0 Å². The smallest absolute Gasteiger partial charge is 0.254 e. The SMILES string of the molecule is COC(C)(C)C(=O)N1[C@H](Cc2ccccc2)[C@@H]2C[C@@]3(C)[C@H](CCC[C@@H]13)N2. The average Bonchev–Trinajstić information content (AvgIpc) is 2.98. The zero-order valence-corrected chi connectivity index (χ0v) is 16.5. The number of carbonyl (C=O) groups excluding carboxylic acids is 1. The highest BCUT2D eigenvalue weighted by molar-refractivity contribution is 5.85. The molecule has 5 atom stereocenters. The van der Waals surface area contributed by atoms with Gasteiger partial charge in [-0.15, -0.1) is 0 Å². The summed E-state index contributed by atoms with van der Waals surface area (Å²) in [7, 11) is 1.65. The third-order valence-electron chi connectivity index (χ3n) is 7.31. The normalized spacial score (nSPS) is 36.2. The number of methoxy groups -OCH3 is 1. The molecule has 4 nitrogen and oxygen atoms in total. The molecule has 3 fully saturated rings. The Balaban J connectivity index is 1.73. The number of piperidine rings is 1. The number of rotatable bonds is 4. The van der Waals surface area contributed by atoms with Gasteiger partial charge in [-0.3, -0.25) is 4.79 Å². The molecule has 1 amide bonds. The van der Waals surface area contributed by atoms with Gasteiger partial charge in [0.25, 0.3) is 5.91 Å². The minimum atomic E-state index is -0.783. The number of ether oxygens (including phenoxy) is 1. The molecule has 0 aromatic heterocycles. The molecule has 1 N–H and O–H groups in total. The summed E-state index contributed by atoms with van der Waals surface area (Å²) in [5, 5.41) is 3.91. The summed E-state index contributed by atoms with van der Waals surface area (Å²) < 4.78 is 5.60. The van der Waals surface area contributed by atoms with Crippen molar-refractivity contribution in [2.24, 2.45) is 5.41 Å². The molecule has 1 aromatic carbocycles. The maximum atomic E-state index is 13.6. The second-order valence-corrected chi connectivity index (χ2v) is 9.17. The van der Waals surface area contributed by atoms with Gasteiger partial charge >= 0.3 is 0 Å². The monoisotopic (exact) mass is 356 g/mol. The highest BCUT2D eigenvalue weighted by Gasteiger charge is 2.61. The molecule has 0 spiro atoms. The molecule has 2 saturated heterocycles. The van der Waals surface area contributed by atoms with E-state index in [9.17, 15) is 4.79 Å². The quantitative estimate of drug-likeness (QED) is 0.901. The van der Waals surface area contributed by atoms with Crippen LogP contribution >= 0.6 is 0 Å². The number of nitrogens with one attached hydrogen (secondary N) is 1. The molecule has 0 unspecified atom stereocenters. The van der Waals surface area contributed by atoms with Crippen LogP contribution in [-0.2, 0) is 16.0 Å². The van der Waals surface area contributed by atoms with E-state index in [2.05, 4.69) is 47.5 Å². The van der Waals surface area contributed by atoms with E-state index in [1.807, 2.05) is 13.8 Å². The molecule has 4 heteroatoms. The van der Waals surface area contributed by atoms with Gasteiger partial charge in [-0.25, -0.2) is 0 Å². The largest absolute Gasteiger partial charge is 0.369 e. The van der Waals surface area contributed by atoms with Gasteiger partial charge in [-0.2, -0.15) is 0 Å². The van der Waals surface area contributed by atoms with Crippen molar-refractivity contribution in [3.8, 4) is 0 Å². The van der Waals surface area contributed by atoms with Gasteiger partial charge in [0.2, 0.25) is 0 Å². The van der Waals surface area contributed by atoms with Crippen molar-refractivity contribution in [1.29, 1.82) is 0 Å². The van der Waals surface area contributed by atoms with Crippen molar-refractivity contribution >= 4 is 5.91 Å². The van der Waals surface area contributed by atoms with Crippen LogP contribution in [0.3, 0.4) is 0 Å². The fraction of sp³-hybridized carbons (Fsp3) is 0.682. The van der Waals surface area contributed by atoms with E-state index in [0.29, 0.717) is 18.1 Å². The van der Waals surface area contributed by atoms with E-state index in [1.54, 1.807) is 7.11 Å². The molecule has 4 rings (SSSR count). The Hall–Kier alpha value is -1.39. The Labute approximate surface area is 157 Å². The first-order chi connectivity index (χ1) is 12.4. The summed E-state index contributed by atoms with van der Waals surface area (Å²) in [5.74, 6) is 0.145. The van der Waals surface area contributed by atoms with E-state index in [0.717, 1.165) is 12.8 Å². The van der Waals surface area contributed by atoms with Crippen LogP contribution in [0.15, 0.2) is 30.3 Å². The second kappa shape index (κ2) is 6.35. The first kappa shape index (κ1) is 18.0. The zero-order chi connectivity index (χ0) is 18.5. The zero-order valence-electron chi connectivity index (χ0n) is 16.5. The fourth-order valence-corrected chi connectivity index (χ4v) is 5.67. The van der Waals surface area contributed by atoms with E-state index in [-0.39, 0.29) is 17.4 Å². The molecule has 0 radical (unpaired) electrons. The summed E-state index contributed by atoms with van der Waals surface area (Å²) >= 11 is 0. The molecule has 1 saturated carbocycles. The van der Waals surface area contributed by atoms with Crippen molar-refractivity contribution in [3.05, 3.63) is 35.9 Å². The summed E-state index contributed by atoms with van der Waals surface area (Å²) in [6, 6.07) is 12.0. The summed E-state index contributed by atoms with van der Waals surface area (Å²) in [6.45, 7) is 6.20. The predicted molar refractivity (Wildman–Crippen MR) is 103 cm³/mol. The molecule has 2 aliphatic heterocycles. The standard InChI is InChI=1S/C22H32N2O2/c1-21(2,26-4)20(25)24-17(13-15-9-6-5-7-10-15)16-14-22(3)18(23-16)11-8-12-19(22)24/h5-7,9-10,16-19,23H,8,11-14H2,1-4H3/t16-,17+,18-,19+,22-/m0/s1. The van der Waals surface area contributed by atoms with E-state index >= 15 is 0 Å². The lowest BCUT2D eigenvalue weighted by Gasteiger charge is -2.54. The van der Waals surface area contributed by atoms with Gasteiger partial charge in [0.05, 0.1) is 6.04 Å². The van der Waals surface area contributed by atoms with E-state index in [4.69, 9.17) is 4.74 Å². The minimum absolute atomic E-state index is 0.145. The van der Waals surface area contributed by atoms with Crippen molar-refractivity contribution in [1.82, 2.24) is 10.2 Å². The molecule has 26 heavy (non-hydrogen) atoms. The van der Waals surface area contributed by atoms with Crippen LogP contribution in [0, 0.1) is 5.41 Å². The third kappa shape index (κ3) is 2.69. The number of nitrogens with zero attached hydrogens (tertiary/aromatic N) is 1. The average molecular weight is 357 g/mol. The first-order valence-electron chi connectivity index (χ1n) is 10.0. The molecule has 1 aliphatic carbocycles. The Kier molecular flexibility index (Phi) is 4.39. The van der Waals surface area contributed by atoms with Gasteiger partial charge in [0.15, 0.2) is 0 Å². The highest BCUT2D eigenvalue weighted by atomic mass is 16.5. The van der Waals surface area contributed by atoms with Crippen LogP contribution in [0.4, 0.5) is 0 Å². The van der Waals surface area contributed by atoms with Crippen LogP contribution in [0.25, 0.3) is 0 Å². The summed E-state index contributed by atoms with van der Waals surface area (Å²) in [6.07, 6.45) is 5.62.